The quantitative estimate of drug-likeness (QED) is 0.931. The minimum absolute atomic E-state index is 0.996. The molecule has 1 saturated heterocycles. The molecule has 2 aromatic rings. The van der Waals surface area contributed by atoms with Crippen LogP contribution < -0.4 is 10.2 Å². The first-order chi connectivity index (χ1) is 9.33. The highest BCUT2D eigenvalue weighted by Gasteiger charge is 2.14. The molecule has 2 heterocycles. The summed E-state index contributed by atoms with van der Waals surface area (Å²) in [7, 11) is 0. The van der Waals surface area contributed by atoms with Gasteiger partial charge in [0.1, 0.15) is 0 Å². The second kappa shape index (κ2) is 5.72. The molecule has 1 aliphatic heterocycles. The summed E-state index contributed by atoms with van der Waals surface area (Å²) in [6, 6.07) is 8.59. The third kappa shape index (κ3) is 2.96. The summed E-state index contributed by atoms with van der Waals surface area (Å²) in [6.07, 6.45) is 3.03. The fraction of sp³-hybridized carbons (Fsp3) is 0.400. The number of rotatable bonds is 3. The predicted octanol–water partition coefficient (Wildman–Crippen LogP) is 2.45. The van der Waals surface area contributed by atoms with E-state index in [1.54, 1.807) is 0 Å². The Morgan fingerprint density at radius 3 is 2.84 bits per heavy atom. The number of aryl methyl sites for hydroxylation is 1. The number of hydrogen-bond acceptors (Lipinski definition) is 4. The van der Waals surface area contributed by atoms with Gasteiger partial charge in [-0.2, -0.15) is 0 Å². The molecule has 3 rings (SSSR count). The minimum atomic E-state index is 0.996. The number of piperazine rings is 1. The van der Waals surface area contributed by atoms with Crippen LogP contribution in [0.4, 0.5) is 5.13 Å². The van der Waals surface area contributed by atoms with E-state index in [-0.39, 0.29) is 0 Å². The van der Waals surface area contributed by atoms with E-state index in [4.69, 9.17) is 0 Å². The first-order valence-corrected chi connectivity index (χ1v) is 7.59. The second-order valence-electron chi connectivity index (χ2n) is 4.95. The first kappa shape index (κ1) is 12.6. The Morgan fingerprint density at radius 2 is 2.05 bits per heavy atom. The van der Waals surface area contributed by atoms with Crippen molar-refractivity contribution in [2.45, 2.75) is 13.3 Å². The van der Waals surface area contributed by atoms with Crippen LogP contribution in [-0.2, 0) is 6.42 Å². The lowest BCUT2D eigenvalue weighted by molar-refractivity contribution is 0.588. The molecule has 0 spiro atoms. The molecule has 0 atom stereocenters. The third-order valence-electron chi connectivity index (χ3n) is 3.55. The van der Waals surface area contributed by atoms with Crippen molar-refractivity contribution < 1.29 is 0 Å². The van der Waals surface area contributed by atoms with Crippen LogP contribution in [0.2, 0.25) is 0 Å². The van der Waals surface area contributed by atoms with Gasteiger partial charge < -0.3 is 10.2 Å². The number of thiazole rings is 1. The molecule has 100 valence electrons. The molecular formula is C15H19N3S. The fourth-order valence-electron chi connectivity index (χ4n) is 2.38. The van der Waals surface area contributed by atoms with Crippen molar-refractivity contribution in [3.05, 3.63) is 46.5 Å². The normalized spacial score (nSPS) is 15.7. The van der Waals surface area contributed by atoms with Gasteiger partial charge in [-0.3, -0.25) is 0 Å². The van der Waals surface area contributed by atoms with Crippen molar-refractivity contribution in [1.82, 2.24) is 10.3 Å². The van der Waals surface area contributed by atoms with Crippen molar-refractivity contribution in [2.24, 2.45) is 0 Å². The van der Waals surface area contributed by atoms with Crippen molar-refractivity contribution in [2.75, 3.05) is 31.1 Å². The minimum Gasteiger partial charge on any atom is -0.346 e. The maximum Gasteiger partial charge on any atom is 0.185 e. The van der Waals surface area contributed by atoms with Crippen LogP contribution in [0.25, 0.3) is 0 Å². The predicted molar refractivity (Wildman–Crippen MR) is 81.2 cm³/mol. The summed E-state index contributed by atoms with van der Waals surface area (Å²) in [5, 5.41) is 4.55. The summed E-state index contributed by atoms with van der Waals surface area (Å²) in [4.78, 5) is 8.31. The fourth-order valence-corrected chi connectivity index (χ4v) is 3.36. The molecule has 0 saturated carbocycles. The summed E-state index contributed by atoms with van der Waals surface area (Å²) < 4.78 is 0. The maximum absolute atomic E-state index is 4.58. The van der Waals surface area contributed by atoms with E-state index < -0.39 is 0 Å². The van der Waals surface area contributed by atoms with Crippen molar-refractivity contribution in [3.8, 4) is 0 Å². The topological polar surface area (TPSA) is 28.2 Å². The van der Waals surface area contributed by atoms with Gasteiger partial charge in [0, 0.05) is 43.7 Å². The summed E-state index contributed by atoms with van der Waals surface area (Å²) in [6.45, 7) is 6.43. The monoisotopic (exact) mass is 273 g/mol. The molecule has 1 aromatic heterocycles. The van der Waals surface area contributed by atoms with E-state index >= 15 is 0 Å². The van der Waals surface area contributed by atoms with E-state index in [0.717, 1.165) is 32.6 Å². The van der Waals surface area contributed by atoms with Crippen molar-refractivity contribution >= 4 is 16.5 Å². The number of nitrogens with zero attached hydrogens (tertiary/aromatic N) is 2. The molecule has 0 amide bonds. The van der Waals surface area contributed by atoms with E-state index in [9.17, 15) is 0 Å². The van der Waals surface area contributed by atoms with Crippen LogP contribution in [-0.4, -0.2) is 31.2 Å². The number of nitrogens with one attached hydrogen (secondary N) is 1. The molecule has 4 heteroatoms. The van der Waals surface area contributed by atoms with Crippen LogP contribution in [0.1, 0.15) is 16.0 Å². The summed E-state index contributed by atoms with van der Waals surface area (Å²) in [5.74, 6) is 0. The Hall–Kier alpha value is -1.39. The highest BCUT2D eigenvalue weighted by Crippen LogP contribution is 2.25. The lowest BCUT2D eigenvalue weighted by Crippen LogP contribution is -2.43. The molecule has 1 N–H and O–H groups in total. The SMILES string of the molecule is Cc1ccccc1Cc1cnc(N2CCNCC2)s1. The van der Waals surface area contributed by atoms with Crippen LogP contribution in [0.15, 0.2) is 30.5 Å². The Bertz CT molecular complexity index is 544. The average molecular weight is 273 g/mol. The number of anilines is 1. The Morgan fingerprint density at radius 1 is 1.26 bits per heavy atom. The van der Waals surface area contributed by atoms with Crippen molar-refractivity contribution in [1.29, 1.82) is 0 Å². The van der Waals surface area contributed by atoms with E-state index in [2.05, 4.69) is 46.4 Å². The number of hydrogen-bond donors (Lipinski definition) is 1. The Labute approximate surface area is 118 Å². The van der Waals surface area contributed by atoms with Gasteiger partial charge in [0.2, 0.25) is 0 Å². The molecular weight excluding hydrogens is 254 g/mol. The van der Waals surface area contributed by atoms with Gasteiger partial charge in [-0.05, 0) is 18.1 Å². The highest BCUT2D eigenvalue weighted by atomic mass is 32.1. The second-order valence-corrected chi connectivity index (χ2v) is 6.04. The van der Waals surface area contributed by atoms with Crippen molar-refractivity contribution in [3.63, 3.8) is 0 Å². The van der Waals surface area contributed by atoms with E-state index in [0.29, 0.717) is 0 Å². The average Bonchev–Trinajstić information content (AvgIpc) is 2.91. The highest BCUT2D eigenvalue weighted by molar-refractivity contribution is 7.15. The zero-order valence-corrected chi connectivity index (χ0v) is 12.0. The largest absolute Gasteiger partial charge is 0.346 e. The molecule has 0 unspecified atom stereocenters. The third-order valence-corrected chi connectivity index (χ3v) is 4.61. The zero-order chi connectivity index (χ0) is 13.1. The van der Waals surface area contributed by atoms with Gasteiger partial charge in [0.25, 0.3) is 0 Å². The number of aromatic nitrogens is 1. The molecule has 1 fully saturated rings. The standard InChI is InChI=1S/C15H19N3S/c1-12-4-2-3-5-13(12)10-14-11-17-15(19-14)18-8-6-16-7-9-18/h2-5,11,16H,6-10H2,1H3. The van der Waals surface area contributed by atoms with Gasteiger partial charge >= 0.3 is 0 Å². The lowest BCUT2D eigenvalue weighted by atomic mass is 10.1. The van der Waals surface area contributed by atoms with E-state index in [1.165, 1.54) is 21.1 Å². The number of benzene rings is 1. The Kier molecular flexibility index (Phi) is 3.80. The zero-order valence-electron chi connectivity index (χ0n) is 11.2. The van der Waals surface area contributed by atoms with Crippen LogP contribution in [0.3, 0.4) is 0 Å². The molecule has 3 nitrogen and oxygen atoms in total. The Balaban J connectivity index is 1.73. The lowest BCUT2D eigenvalue weighted by Gasteiger charge is -2.26. The molecule has 1 aromatic carbocycles. The molecule has 1 aliphatic rings. The maximum atomic E-state index is 4.58. The van der Waals surface area contributed by atoms with Gasteiger partial charge in [-0.1, -0.05) is 24.3 Å². The molecule has 0 radical (unpaired) electrons. The van der Waals surface area contributed by atoms with Crippen LogP contribution in [0, 0.1) is 6.92 Å². The smallest absolute Gasteiger partial charge is 0.185 e. The van der Waals surface area contributed by atoms with Gasteiger partial charge in [0.15, 0.2) is 5.13 Å². The molecule has 0 bridgehead atoms. The van der Waals surface area contributed by atoms with Gasteiger partial charge in [-0.25, -0.2) is 4.98 Å². The summed E-state index contributed by atoms with van der Waals surface area (Å²) in [5.41, 5.74) is 2.76. The summed E-state index contributed by atoms with van der Waals surface area (Å²) >= 11 is 1.83. The molecule has 19 heavy (non-hydrogen) atoms. The van der Waals surface area contributed by atoms with Gasteiger partial charge in [0.05, 0.1) is 0 Å². The van der Waals surface area contributed by atoms with Gasteiger partial charge in [-0.15, -0.1) is 11.3 Å². The molecule has 0 aliphatic carbocycles. The van der Waals surface area contributed by atoms with Crippen LogP contribution in [0.5, 0.6) is 0 Å². The van der Waals surface area contributed by atoms with Crippen LogP contribution >= 0.6 is 11.3 Å². The van der Waals surface area contributed by atoms with E-state index in [1.807, 2.05) is 17.5 Å². The first-order valence-electron chi connectivity index (χ1n) is 6.78.